The number of hydrogen-bond acceptors (Lipinski definition) is 2. The predicted molar refractivity (Wildman–Crippen MR) is 158 cm³/mol. The smallest absolute Gasteiger partial charge is 0.429 e. The summed E-state index contributed by atoms with van der Waals surface area (Å²) in [5.74, 6) is -11.3. The number of benzene rings is 4. The van der Waals surface area contributed by atoms with E-state index in [0.717, 1.165) is 62.6 Å². The highest BCUT2D eigenvalue weighted by Crippen LogP contribution is 2.40. The van der Waals surface area contributed by atoms with E-state index < -0.39 is 69.3 Å². The lowest BCUT2D eigenvalue weighted by Gasteiger charge is -2.29. The first-order valence-corrected chi connectivity index (χ1v) is 15.3. The monoisotopic (exact) mass is 666 g/mol. The fraction of sp³-hybridized carbons (Fsp3) is 0.333. The molecule has 0 spiro atoms. The van der Waals surface area contributed by atoms with E-state index in [0.29, 0.717) is 36.9 Å². The van der Waals surface area contributed by atoms with E-state index in [-0.39, 0.29) is 23.1 Å². The molecule has 5 rings (SSSR count). The van der Waals surface area contributed by atoms with Gasteiger partial charge in [0.05, 0.1) is 6.10 Å². The molecule has 2 nitrogen and oxygen atoms in total. The van der Waals surface area contributed by atoms with E-state index in [2.05, 4.69) is 11.7 Å². The number of alkyl halides is 2. The Morgan fingerprint density at radius 2 is 1.19 bits per heavy atom. The van der Waals surface area contributed by atoms with Crippen LogP contribution in [-0.4, -0.2) is 12.7 Å². The van der Waals surface area contributed by atoms with E-state index >= 15 is 22.0 Å². The second-order valence-electron chi connectivity index (χ2n) is 11.6. The standard InChI is InChI=1S/C36H31F9O2/c1-2-3-4-13-46-24-8-5-20(6-9-24)21-7-11-26(28(37)14-21)22-15-30(39)34(31(40)16-22)36(44,45)47-25-10-12-27(29(38)19-25)23-17-32(41)35(43)33(42)18-23/h7,10-12,14-20,24H,2-6,8-9,13H2,1H3. The van der Waals surface area contributed by atoms with Crippen LogP contribution in [0.3, 0.4) is 0 Å². The molecule has 0 N–H and O–H groups in total. The van der Waals surface area contributed by atoms with Crippen LogP contribution in [0.15, 0.2) is 60.7 Å². The van der Waals surface area contributed by atoms with Crippen LogP contribution >= 0.6 is 0 Å². The molecule has 0 amide bonds. The molecule has 4 aromatic rings. The molecule has 0 radical (unpaired) electrons. The summed E-state index contributed by atoms with van der Waals surface area (Å²) in [6.45, 7) is 2.84. The normalized spacial score (nSPS) is 16.8. The Labute approximate surface area is 266 Å². The maximum atomic E-state index is 15.2. The number of halogens is 9. The van der Waals surface area contributed by atoms with E-state index in [1.54, 1.807) is 6.07 Å². The van der Waals surface area contributed by atoms with Gasteiger partial charge in [0.2, 0.25) is 0 Å². The second-order valence-corrected chi connectivity index (χ2v) is 11.6. The van der Waals surface area contributed by atoms with E-state index in [9.17, 15) is 17.6 Å². The van der Waals surface area contributed by atoms with E-state index in [1.165, 1.54) is 12.1 Å². The highest BCUT2D eigenvalue weighted by Gasteiger charge is 2.41. The van der Waals surface area contributed by atoms with Gasteiger partial charge in [0.15, 0.2) is 17.5 Å². The lowest BCUT2D eigenvalue weighted by molar-refractivity contribution is -0.189. The lowest BCUT2D eigenvalue weighted by atomic mass is 9.82. The number of hydrogen-bond donors (Lipinski definition) is 0. The average molecular weight is 667 g/mol. The van der Waals surface area contributed by atoms with Crippen molar-refractivity contribution in [2.24, 2.45) is 0 Å². The molecular weight excluding hydrogens is 635 g/mol. The van der Waals surface area contributed by atoms with Crippen LogP contribution in [0.2, 0.25) is 0 Å². The Morgan fingerprint density at radius 1 is 0.638 bits per heavy atom. The highest BCUT2D eigenvalue weighted by atomic mass is 19.3. The lowest BCUT2D eigenvalue weighted by Crippen LogP contribution is -2.25. The van der Waals surface area contributed by atoms with Crippen LogP contribution in [0.1, 0.15) is 68.9 Å². The van der Waals surface area contributed by atoms with Crippen LogP contribution in [0.4, 0.5) is 39.5 Å². The molecule has 0 aromatic heterocycles. The number of rotatable bonds is 11. The minimum Gasteiger partial charge on any atom is -0.429 e. The zero-order valence-electron chi connectivity index (χ0n) is 25.3. The molecule has 11 heteroatoms. The first-order valence-electron chi connectivity index (χ1n) is 15.3. The molecule has 47 heavy (non-hydrogen) atoms. The first-order chi connectivity index (χ1) is 22.4. The van der Waals surface area contributed by atoms with Crippen molar-refractivity contribution >= 4 is 0 Å². The van der Waals surface area contributed by atoms with Crippen molar-refractivity contribution in [1.29, 1.82) is 0 Å². The molecule has 1 saturated carbocycles. The van der Waals surface area contributed by atoms with Gasteiger partial charge in [0.25, 0.3) is 0 Å². The zero-order valence-corrected chi connectivity index (χ0v) is 25.3. The first kappa shape index (κ1) is 34.3. The van der Waals surface area contributed by atoms with Gasteiger partial charge in [-0.05, 0) is 97.2 Å². The Kier molecular flexibility index (Phi) is 10.5. The van der Waals surface area contributed by atoms with E-state index in [1.807, 2.05) is 0 Å². The van der Waals surface area contributed by atoms with Crippen molar-refractivity contribution in [3.8, 4) is 28.0 Å². The minimum atomic E-state index is -4.66. The van der Waals surface area contributed by atoms with Gasteiger partial charge >= 0.3 is 6.11 Å². The maximum absolute atomic E-state index is 15.2. The third-order valence-corrected chi connectivity index (χ3v) is 8.37. The third kappa shape index (κ3) is 7.77. The Bertz CT molecular complexity index is 1690. The molecule has 0 aliphatic heterocycles. The average Bonchev–Trinajstić information content (AvgIpc) is 3.01. The molecule has 0 unspecified atom stereocenters. The largest absolute Gasteiger partial charge is 0.432 e. The molecule has 1 fully saturated rings. The summed E-state index contributed by atoms with van der Waals surface area (Å²) in [5.41, 5.74) is -2.49. The van der Waals surface area contributed by atoms with Gasteiger partial charge in [-0.25, -0.2) is 30.7 Å². The van der Waals surface area contributed by atoms with Gasteiger partial charge in [0.1, 0.15) is 34.6 Å². The van der Waals surface area contributed by atoms with Crippen molar-refractivity contribution in [3.05, 3.63) is 113 Å². The molecule has 1 aliphatic rings. The van der Waals surface area contributed by atoms with Crippen molar-refractivity contribution in [2.75, 3.05) is 6.61 Å². The van der Waals surface area contributed by atoms with Crippen molar-refractivity contribution in [3.63, 3.8) is 0 Å². The van der Waals surface area contributed by atoms with Crippen LogP contribution in [0.5, 0.6) is 5.75 Å². The van der Waals surface area contributed by atoms with E-state index in [4.69, 9.17) is 4.74 Å². The molecule has 0 heterocycles. The van der Waals surface area contributed by atoms with Crippen LogP contribution in [0.25, 0.3) is 22.3 Å². The van der Waals surface area contributed by atoms with Gasteiger partial charge in [-0.2, -0.15) is 8.78 Å². The summed E-state index contributed by atoms with van der Waals surface area (Å²) in [4.78, 5) is 0. The molecule has 0 atom stereocenters. The molecule has 1 aliphatic carbocycles. The molecular formula is C36H31F9O2. The summed E-state index contributed by atoms with van der Waals surface area (Å²) in [6.07, 6.45) is 1.99. The minimum absolute atomic E-state index is 0.0812. The summed E-state index contributed by atoms with van der Waals surface area (Å²) in [6, 6.07) is 8.42. The summed E-state index contributed by atoms with van der Waals surface area (Å²) >= 11 is 0. The van der Waals surface area contributed by atoms with Crippen LogP contribution in [0, 0.1) is 40.7 Å². The Morgan fingerprint density at radius 3 is 1.74 bits per heavy atom. The fourth-order valence-corrected chi connectivity index (χ4v) is 5.89. The van der Waals surface area contributed by atoms with Gasteiger partial charge in [-0.1, -0.05) is 31.9 Å². The SMILES string of the molecule is CCCCCOC1CCC(c2ccc(-c3cc(F)c(C(F)(F)Oc4ccc(-c5cc(F)c(F)c(F)c5)c(F)c4)c(F)c3)c(F)c2)CC1. The predicted octanol–water partition coefficient (Wildman–Crippen LogP) is 11.4. The maximum Gasteiger partial charge on any atom is 0.432 e. The highest BCUT2D eigenvalue weighted by molar-refractivity contribution is 5.66. The Balaban J connectivity index is 1.29. The molecule has 0 bridgehead atoms. The second kappa shape index (κ2) is 14.4. The summed E-state index contributed by atoms with van der Waals surface area (Å²) in [7, 11) is 0. The quantitative estimate of drug-likeness (QED) is 0.0901. The third-order valence-electron chi connectivity index (χ3n) is 8.37. The number of ether oxygens (including phenoxy) is 2. The van der Waals surface area contributed by atoms with Crippen LogP contribution < -0.4 is 4.74 Å². The van der Waals surface area contributed by atoms with Crippen LogP contribution in [-0.2, 0) is 10.8 Å². The fourth-order valence-electron chi connectivity index (χ4n) is 5.89. The molecule has 0 saturated heterocycles. The van der Waals surface area contributed by atoms with Crippen molar-refractivity contribution < 1.29 is 49.0 Å². The van der Waals surface area contributed by atoms with Gasteiger partial charge in [-0.15, -0.1) is 0 Å². The topological polar surface area (TPSA) is 18.5 Å². The van der Waals surface area contributed by atoms with Gasteiger partial charge < -0.3 is 9.47 Å². The molecule has 250 valence electrons. The number of unbranched alkanes of at least 4 members (excludes halogenated alkanes) is 2. The summed E-state index contributed by atoms with van der Waals surface area (Å²) in [5, 5.41) is 0. The van der Waals surface area contributed by atoms with Crippen molar-refractivity contribution in [2.45, 2.75) is 70.0 Å². The van der Waals surface area contributed by atoms with Crippen molar-refractivity contribution in [1.82, 2.24) is 0 Å². The zero-order chi connectivity index (χ0) is 33.9. The molecule has 4 aromatic carbocycles. The van der Waals surface area contributed by atoms with Gasteiger partial charge in [-0.3, -0.25) is 0 Å². The van der Waals surface area contributed by atoms with Gasteiger partial charge in [0, 0.05) is 23.8 Å². The summed E-state index contributed by atoms with van der Waals surface area (Å²) < 4.78 is 141. The Hall–Kier alpha value is -3.99.